The van der Waals surface area contributed by atoms with Gasteiger partial charge in [-0.25, -0.2) is 5.06 Å². The summed E-state index contributed by atoms with van der Waals surface area (Å²) in [7, 11) is 0. The third kappa shape index (κ3) is 2.63. The highest BCUT2D eigenvalue weighted by atomic mass is 16.7. The van der Waals surface area contributed by atoms with Crippen LogP contribution in [0.2, 0.25) is 0 Å². The summed E-state index contributed by atoms with van der Waals surface area (Å²) in [6.45, 7) is 6.17. The molecule has 2 nitrogen and oxygen atoms in total. The summed E-state index contributed by atoms with van der Waals surface area (Å²) < 4.78 is 0. The van der Waals surface area contributed by atoms with Crippen LogP contribution in [0, 0.1) is 34.5 Å². The van der Waals surface area contributed by atoms with E-state index in [1.807, 2.05) is 0 Å². The normalized spacial score (nSPS) is 46.2. The fourth-order valence-corrected chi connectivity index (χ4v) is 8.74. The lowest BCUT2D eigenvalue weighted by Crippen LogP contribution is -2.52. The Labute approximate surface area is 176 Å². The molecule has 1 aromatic carbocycles. The average Bonchev–Trinajstić information content (AvgIpc) is 3.06. The molecule has 2 heteroatoms. The van der Waals surface area contributed by atoms with E-state index in [1.165, 1.54) is 63.5 Å². The Kier molecular flexibility index (Phi) is 4.21. The van der Waals surface area contributed by atoms with Gasteiger partial charge in [0.25, 0.3) is 0 Å². The number of hydroxylamine groups is 1. The Morgan fingerprint density at radius 3 is 2.66 bits per heavy atom. The lowest BCUT2D eigenvalue weighted by atomic mass is 9.45. The zero-order valence-electron chi connectivity index (χ0n) is 18.3. The molecule has 29 heavy (non-hydrogen) atoms. The topological polar surface area (TPSA) is 12.5 Å². The molecule has 0 saturated heterocycles. The molecule has 4 fully saturated rings. The van der Waals surface area contributed by atoms with Crippen LogP contribution in [0.4, 0.5) is 5.69 Å². The summed E-state index contributed by atoms with van der Waals surface area (Å²) >= 11 is 0. The van der Waals surface area contributed by atoms with Crippen molar-refractivity contribution in [2.75, 3.05) is 11.6 Å². The van der Waals surface area contributed by atoms with Gasteiger partial charge < -0.3 is 0 Å². The van der Waals surface area contributed by atoms with E-state index in [2.05, 4.69) is 55.3 Å². The minimum Gasteiger partial charge on any atom is -0.265 e. The second kappa shape index (κ2) is 6.61. The molecule has 0 spiro atoms. The van der Waals surface area contributed by atoms with Crippen LogP contribution in [0.15, 0.2) is 42.0 Å². The molecule has 1 heterocycles. The van der Waals surface area contributed by atoms with E-state index < -0.39 is 0 Å². The van der Waals surface area contributed by atoms with Gasteiger partial charge in [-0.05, 0) is 97.2 Å². The zero-order valence-corrected chi connectivity index (χ0v) is 18.3. The fourth-order valence-electron chi connectivity index (χ4n) is 8.74. The molecule has 0 N–H and O–H groups in total. The van der Waals surface area contributed by atoms with Gasteiger partial charge in [0.2, 0.25) is 0 Å². The summed E-state index contributed by atoms with van der Waals surface area (Å²) in [4.78, 5) is 6.63. The second-order valence-corrected chi connectivity index (χ2v) is 11.2. The molecule has 0 aromatic heterocycles. The van der Waals surface area contributed by atoms with Gasteiger partial charge in [0, 0.05) is 0 Å². The lowest BCUT2D eigenvalue weighted by molar-refractivity contribution is -0.0981. The number of nitrogens with zero attached hydrogens (tertiary/aromatic N) is 1. The number of fused-ring (bicyclic) bond motifs is 7. The summed E-state index contributed by atoms with van der Waals surface area (Å²) in [6, 6.07) is 10.7. The van der Waals surface area contributed by atoms with Crippen molar-refractivity contribution in [3.63, 3.8) is 0 Å². The maximum atomic E-state index is 6.63. The summed E-state index contributed by atoms with van der Waals surface area (Å²) in [5.74, 6) is 3.72. The van der Waals surface area contributed by atoms with Crippen LogP contribution < -0.4 is 5.06 Å². The first-order valence-electron chi connectivity index (χ1n) is 12.3. The van der Waals surface area contributed by atoms with Crippen LogP contribution in [0.1, 0.15) is 71.6 Å². The smallest absolute Gasteiger partial charge is 0.108 e. The average molecular weight is 392 g/mol. The van der Waals surface area contributed by atoms with Gasteiger partial charge in [-0.15, -0.1) is 0 Å². The van der Waals surface area contributed by atoms with E-state index in [1.54, 1.807) is 5.57 Å². The van der Waals surface area contributed by atoms with E-state index in [9.17, 15) is 0 Å². The van der Waals surface area contributed by atoms with Crippen LogP contribution in [0.3, 0.4) is 0 Å². The molecule has 6 rings (SSSR count). The molecule has 4 aliphatic carbocycles. The highest BCUT2D eigenvalue weighted by Gasteiger charge is 2.61. The van der Waals surface area contributed by atoms with Crippen LogP contribution in [-0.2, 0) is 4.84 Å². The molecule has 0 radical (unpaired) electrons. The Balaban J connectivity index is 1.28. The highest BCUT2D eigenvalue weighted by Crippen LogP contribution is 2.67. The quantitative estimate of drug-likeness (QED) is 0.489. The molecular formula is C27H37NO. The van der Waals surface area contributed by atoms with Gasteiger partial charge in [0.15, 0.2) is 0 Å². The van der Waals surface area contributed by atoms with E-state index in [4.69, 9.17) is 4.84 Å². The minimum atomic E-state index is 0.301. The number of hydrogen-bond acceptors (Lipinski definition) is 2. The van der Waals surface area contributed by atoms with E-state index in [0.717, 1.165) is 30.2 Å². The van der Waals surface area contributed by atoms with Crippen molar-refractivity contribution in [3.8, 4) is 0 Å². The predicted molar refractivity (Wildman–Crippen MR) is 118 cm³/mol. The number of hydrogen-bond donors (Lipinski definition) is 0. The first-order valence-corrected chi connectivity index (χ1v) is 12.3. The standard InChI is InChI=1S/C27H37NO/c1-26-15-7-6-8-19(26)11-12-21-22(26)13-16-27(2)23-14-17-28(20-9-4-3-5-10-20)29-25(23)18-24(21)27/h3-5,9-10,14,19,21-22,24-25H,6-8,11-13,15-18H2,1-2H3/t19?,21-,22+,24+,25+,26+,27-/m1/s1. The summed E-state index contributed by atoms with van der Waals surface area (Å²) in [5, 5.41) is 2.13. The van der Waals surface area contributed by atoms with Crippen LogP contribution in [0.25, 0.3) is 0 Å². The maximum Gasteiger partial charge on any atom is 0.108 e. The highest BCUT2D eigenvalue weighted by molar-refractivity contribution is 5.46. The first kappa shape index (κ1) is 18.5. The molecule has 7 atom stereocenters. The summed E-state index contributed by atoms with van der Waals surface area (Å²) in [5.41, 5.74) is 3.84. The van der Waals surface area contributed by atoms with Gasteiger partial charge in [0.05, 0.1) is 12.2 Å². The third-order valence-corrected chi connectivity index (χ3v) is 10.2. The Bertz CT molecular complexity index is 802. The lowest BCUT2D eigenvalue weighted by Gasteiger charge is -2.60. The maximum absolute atomic E-state index is 6.63. The Morgan fingerprint density at radius 1 is 0.931 bits per heavy atom. The molecule has 1 aromatic rings. The van der Waals surface area contributed by atoms with Crippen molar-refractivity contribution in [2.24, 2.45) is 34.5 Å². The molecular weight excluding hydrogens is 354 g/mol. The van der Waals surface area contributed by atoms with Crippen molar-refractivity contribution in [1.82, 2.24) is 0 Å². The van der Waals surface area contributed by atoms with Gasteiger partial charge in [-0.1, -0.05) is 51.0 Å². The second-order valence-electron chi connectivity index (χ2n) is 11.2. The van der Waals surface area contributed by atoms with E-state index >= 15 is 0 Å². The molecule has 1 aliphatic heterocycles. The SMILES string of the molecule is C[C@]12CCCCC1CC[C@@H]1[C@@H]2CC[C@]2(C)C3=CCN(c4ccccc4)O[C@H]3C[C@@H]12. The number of para-hydroxylation sites is 1. The number of benzene rings is 1. The van der Waals surface area contributed by atoms with E-state index in [-0.39, 0.29) is 0 Å². The molecule has 156 valence electrons. The molecule has 1 unspecified atom stereocenters. The fraction of sp³-hybridized carbons (Fsp3) is 0.704. The summed E-state index contributed by atoms with van der Waals surface area (Å²) in [6.07, 6.45) is 15.8. The van der Waals surface area contributed by atoms with Gasteiger partial charge >= 0.3 is 0 Å². The van der Waals surface area contributed by atoms with Gasteiger partial charge in [0.1, 0.15) is 6.10 Å². The third-order valence-electron chi connectivity index (χ3n) is 10.2. The molecule has 4 saturated carbocycles. The van der Waals surface area contributed by atoms with Crippen molar-refractivity contribution in [3.05, 3.63) is 42.0 Å². The van der Waals surface area contributed by atoms with E-state index in [0.29, 0.717) is 16.9 Å². The predicted octanol–water partition coefficient (Wildman–Crippen LogP) is 6.78. The van der Waals surface area contributed by atoms with Gasteiger partial charge in [-0.2, -0.15) is 0 Å². The van der Waals surface area contributed by atoms with Crippen molar-refractivity contribution in [2.45, 2.75) is 77.7 Å². The van der Waals surface area contributed by atoms with Crippen LogP contribution >= 0.6 is 0 Å². The van der Waals surface area contributed by atoms with Crippen molar-refractivity contribution < 1.29 is 4.84 Å². The molecule has 0 bridgehead atoms. The van der Waals surface area contributed by atoms with Crippen LogP contribution in [0.5, 0.6) is 0 Å². The Morgan fingerprint density at radius 2 is 1.79 bits per heavy atom. The monoisotopic (exact) mass is 391 g/mol. The van der Waals surface area contributed by atoms with Gasteiger partial charge in [-0.3, -0.25) is 4.84 Å². The minimum absolute atomic E-state index is 0.301. The molecule has 5 aliphatic rings. The first-order chi connectivity index (χ1) is 14.1. The number of anilines is 1. The zero-order chi connectivity index (χ0) is 19.6. The van der Waals surface area contributed by atoms with Crippen molar-refractivity contribution >= 4 is 5.69 Å². The molecule has 0 amide bonds. The largest absolute Gasteiger partial charge is 0.265 e. The Hall–Kier alpha value is -1.28. The van der Waals surface area contributed by atoms with Crippen LogP contribution in [-0.4, -0.2) is 12.6 Å². The number of rotatable bonds is 1. The van der Waals surface area contributed by atoms with Crippen molar-refractivity contribution in [1.29, 1.82) is 0 Å².